The number of aryl methyl sites for hydroxylation is 1. The zero-order valence-corrected chi connectivity index (χ0v) is 16.5. The Morgan fingerprint density at radius 2 is 1.40 bits per heavy atom. The summed E-state index contributed by atoms with van der Waals surface area (Å²) in [7, 11) is 0. The van der Waals surface area contributed by atoms with Crippen molar-refractivity contribution in [1.82, 2.24) is 0 Å². The molecule has 1 N–H and O–H groups in total. The number of anilines is 1. The highest BCUT2D eigenvalue weighted by Gasteiger charge is 2.22. The van der Waals surface area contributed by atoms with Crippen LogP contribution in [0.1, 0.15) is 18.4 Å². The molecular formula is C25H23NO4. The molecule has 5 heteroatoms. The summed E-state index contributed by atoms with van der Waals surface area (Å²) in [6, 6.07) is 27.2. The van der Waals surface area contributed by atoms with Crippen molar-refractivity contribution in [2.24, 2.45) is 0 Å². The molecule has 0 aliphatic rings. The molecule has 0 aliphatic heterocycles. The average molecular weight is 401 g/mol. The molecule has 0 saturated carbocycles. The Balaban J connectivity index is 1.82. The molecule has 0 fully saturated rings. The first-order valence-corrected chi connectivity index (χ1v) is 9.80. The summed E-state index contributed by atoms with van der Waals surface area (Å²) in [5.74, 6) is -3.21. The largest absolute Gasteiger partial charge is 0.475 e. The van der Waals surface area contributed by atoms with Crippen molar-refractivity contribution in [2.75, 3.05) is 11.4 Å². The van der Waals surface area contributed by atoms with Crippen LogP contribution in [0.2, 0.25) is 0 Å². The van der Waals surface area contributed by atoms with Crippen LogP contribution in [0.25, 0.3) is 11.1 Å². The van der Waals surface area contributed by atoms with Gasteiger partial charge in [-0.3, -0.25) is 9.59 Å². The molecule has 0 aliphatic carbocycles. The van der Waals surface area contributed by atoms with Gasteiger partial charge in [0.05, 0.1) is 6.42 Å². The molecule has 30 heavy (non-hydrogen) atoms. The zero-order chi connectivity index (χ0) is 21.3. The van der Waals surface area contributed by atoms with Gasteiger partial charge >= 0.3 is 5.97 Å². The number of benzene rings is 3. The molecule has 0 radical (unpaired) electrons. The lowest BCUT2D eigenvalue weighted by Crippen LogP contribution is -2.35. The maximum atomic E-state index is 12.8. The number of ketones is 1. The van der Waals surface area contributed by atoms with E-state index in [-0.39, 0.29) is 0 Å². The average Bonchev–Trinajstić information content (AvgIpc) is 2.78. The summed E-state index contributed by atoms with van der Waals surface area (Å²) in [4.78, 5) is 36.8. The minimum Gasteiger partial charge on any atom is -0.475 e. The van der Waals surface area contributed by atoms with Crippen LogP contribution < -0.4 is 4.90 Å². The second kappa shape index (κ2) is 10.2. The Labute approximate surface area is 175 Å². The summed E-state index contributed by atoms with van der Waals surface area (Å²) in [5.41, 5.74) is 3.76. The Morgan fingerprint density at radius 3 is 2.07 bits per heavy atom. The molecule has 3 aromatic carbocycles. The zero-order valence-electron chi connectivity index (χ0n) is 16.5. The molecule has 3 rings (SSSR count). The van der Waals surface area contributed by atoms with Crippen LogP contribution in [0.5, 0.6) is 0 Å². The third kappa shape index (κ3) is 5.64. The van der Waals surface area contributed by atoms with Crippen molar-refractivity contribution < 1.29 is 19.5 Å². The van der Waals surface area contributed by atoms with E-state index >= 15 is 0 Å². The molecule has 5 nitrogen and oxygen atoms in total. The number of Topliss-reactive ketones (excluding diaryl/α,β-unsaturated/α-hetero) is 1. The molecule has 0 atom stereocenters. The third-order valence-corrected chi connectivity index (χ3v) is 4.81. The Morgan fingerprint density at radius 1 is 0.767 bits per heavy atom. The number of carboxylic acids is 1. The smallest absolute Gasteiger partial charge is 0.372 e. The number of carbonyl (C=O) groups excluding carboxylic acids is 2. The summed E-state index contributed by atoms with van der Waals surface area (Å²) in [6.45, 7) is 0.388. The van der Waals surface area contributed by atoms with Crippen LogP contribution in [-0.2, 0) is 20.8 Å². The molecule has 1 amide bonds. The van der Waals surface area contributed by atoms with E-state index in [1.807, 2.05) is 78.9 Å². The van der Waals surface area contributed by atoms with E-state index < -0.39 is 24.1 Å². The Hall–Kier alpha value is -3.73. The highest BCUT2D eigenvalue weighted by Crippen LogP contribution is 2.25. The number of aliphatic carboxylic acids is 1. The highest BCUT2D eigenvalue weighted by atomic mass is 16.4. The highest BCUT2D eigenvalue weighted by molar-refractivity contribution is 6.36. The van der Waals surface area contributed by atoms with Gasteiger partial charge in [0.1, 0.15) is 0 Å². The Kier molecular flexibility index (Phi) is 7.11. The van der Waals surface area contributed by atoms with Gasteiger partial charge in [-0.05, 0) is 41.7 Å². The normalized spacial score (nSPS) is 10.4. The molecule has 0 bridgehead atoms. The number of rotatable bonds is 9. The quantitative estimate of drug-likeness (QED) is 0.427. The van der Waals surface area contributed by atoms with Crippen LogP contribution in [0.4, 0.5) is 5.69 Å². The maximum Gasteiger partial charge on any atom is 0.372 e. The minimum atomic E-state index is -1.59. The van der Waals surface area contributed by atoms with Gasteiger partial charge in [0.25, 0.3) is 0 Å². The predicted molar refractivity (Wildman–Crippen MR) is 116 cm³/mol. The second-order valence-electron chi connectivity index (χ2n) is 6.96. The van der Waals surface area contributed by atoms with Gasteiger partial charge in [-0.25, -0.2) is 4.79 Å². The van der Waals surface area contributed by atoms with E-state index in [1.54, 1.807) is 6.07 Å². The lowest BCUT2D eigenvalue weighted by atomic mass is 10.0. The fraction of sp³-hybridized carbons (Fsp3) is 0.160. The second-order valence-corrected chi connectivity index (χ2v) is 6.96. The van der Waals surface area contributed by atoms with E-state index in [4.69, 9.17) is 5.11 Å². The van der Waals surface area contributed by atoms with Crippen molar-refractivity contribution in [2.45, 2.75) is 19.3 Å². The maximum absolute atomic E-state index is 12.8. The molecule has 0 unspecified atom stereocenters. The molecule has 0 heterocycles. The van der Waals surface area contributed by atoms with Crippen molar-refractivity contribution in [3.8, 4) is 11.1 Å². The molecular weight excluding hydrogens is 378 g/mol. The molecule has 0 aromatic heterocycles. The molecule has 0 spiro atoms. The van der Waals surface area contributed by atoms with E-state index in [2.05, 4.69) is 0 Å². The monoisotopic (exact) mass is 401 g/mol. The molecule has 0 saturated heterocycles. The number of nitrogens with zero attached hydrogens (tertiary/aromatic N) is 1. The van der Waals surface area contributed by atoms with Crippen LogP contribution in [0, 0.1) is 0 Å². The standard InChI is InChI=1S/C25H23NO4/c27-23(25(29)30)18-24(28)26(16-8-11-19-9-3-1-4-10-19)22-15-7-14-21(17-22)20-12-5-2-6-13-20/h1-7,9-10,12-15,17H,8,11,16,18H2,(H,29,30). The fourth-order valence-corrected chi connectivity index (χ4v) is 3.28. The van der Waals surface area contributed by atoms with Crippen molar-refractivity contribution in [3.05, 3.63) is 90.5 Å². The Bertz CT molecular complexity index is 1020. The van der Waals surface area contributed by atoms with Gasteiger partial charge in [0.15, 0.2) is 0 Å². The summed E-state index contributed by atoms with van der Waals surface area (Å²) in [5, 5.41) is 8.88. The van der Waals surface area contributed by atoms with Gasteiger partial charge in [-0.15, -0.1) is 0 Å². The lowest BCUT2D eigenvalue weighted by molar-refractivity contribution is -0.150. The van der Waals surface area contributed by atoms with Crippen LogP contribution in [0.15, 0.2) is 84.9 Å². The number of carboxylic acid groups (broad SMARTS) is 1. The van der Waals surface area contributed by atoms with Gasteiger partial charge in [-0.2, -0.15) is 0 Å². The fourth-order valence-electron chi connectivity index (χ4n) is 3.28. The lowest BCUT2D eigenvalue weighted by Gasteiger charge is -2.23. The van der Waals surface area contributed by atoms with Crippen molar-refractivity contribution in [3.63, 3.8) is 0 Å². The van der Waals surface area contributed by atoms with Crippen LogP contribution >= 0.6 is 0 Å². The summed E-state index contributed by atoms with van der Waals surface area (Å²) in [6.07, 6.45) is 0.804. The van der Waals surface area contributed by atoms with Gasteiger partial charge in [0, 0.05) is 12.2 Å². The van der Waals surface area contributed by atoms with E-state index in [0.29, 0.717) is 18.7 Å². The summed E-state index contributed by atoms with van der Waals surface area (Å²) < 4.78 is 0. The van der Waals surface area contributed by atoms with Crippen LogP contribution in [-0.4, -0.2) is 29.3 Å². The van der Waals surface area contributed by atoms with Gasteiger partial charge in [-0.1, -0.05) is 72.8 Å². The molecule has 3 aromatic rings. The van der Waals surface area contributed by atoms with Gasteiger partial charge < -0.3 is 10.0 Å². The predicted octanol–water partition coefficient (Wildman–Crippen LogP) is 4.36. The first-order valence-electron chi connectivity index (χ1n) is 9.80. The number of hydrogen-bond acceptors (Lipinski definition) is 3. The summed E-state index contributed by atoms with van der Waals surface area (Å²) >= 11 is 0. The SMILES string of the molecule is O=C(O)C(=O)CC(=O)N(CCCc1ccccc1)c1cccc(-c2ccccc2)c1. The number of amides is 1. The first-order chi connectivity index (χ1) is 14.5. The topological polar surface area (TPSA) is 74.7 Å². The minimum absolute atomic E-state index is 0.388. The van der Waals surface area contributed by atoms with Crippen molar-refractivity contribution >= 4 is 23.3 Å². The van der Waals surface area contributed by atoms with Crippen molar-refractivity contribution in [1.29, 1.82) is 0 Å². The van der Waals surface area contributed by atoms with E-state index in [1.165, 1.54) is 4.90 Å². The van der Waals surface area contributed by atoms with Gasteiger partial charge in [0.2, 0.25) is 11.7 Å². The van der Waals surface area contributed by atoms with E-state index in [9.17, 15) is 14.4 Å². The third-order valence-electron chi connectivity index (χ3n) is 4.81. The first kappa shape index (κ1) is 21.0. The van der Waals surface area contributed by atoms with E-state index in [0.717, 1.165) is 23.1 Å². The number of hydrogen-bond donors (Lipinski definition) is 1. The van der Waals surface area contributed by atoms with Crippen LogP contribution in [0.3, 0.4) is 0 Å². The molecule has 152 valence electrons. The number of carbonyl (C=O) groups is 3.